The second-order valence-corrected chi connectivity index (χ2v) is 13.2. The third-order valence-corrected chi connectivity index (χ3v) is 9.28. The quantitative estimate of drug-likeness (QED) is 0.0879. The molecule has 0 unspecified atom stereocenters. The number of ether oxygens (including phenoxy) is 10. The van der Waals surface area contributed by atoms with Gasteiger partial charge < -0.3 is 47.4 Å². The van der Waals surface area contributed by atoms with Gasteiger partial charge >= 0.3 is 35.8 Å². The van der Waals surface area contributed by atoms with Crippen LogP contribution in [0.15, 0.2) is 98.1 Å². The second kappa shape index (κ2) is 18.5. The number of carbonyl (C=O) groups excluding carboxylic acids is 6. The number of esters is 6. The molecule has 4 atom stereocenters. The molecule has 310 valence electrons. The van der Waals surface area contributed by atoms with E-state index in [0.717, 1.165) is 12.2 Å². The lowest BCUT2D eigenvalue weighted by molar-refractivity contribution is -0.129. The Hall–Kier alpha value is -7.30. The fraction of sp³-hybridized carbons (Fsp3) is 0.227. The highest BCUT2D eigenvalue weighted by Gasteiger charge is 2.51. The first-order chi connectivity index (χ1) is 28.8. The van der Waals surface area contributed by atoms with Crippen LogP contribution in [0.3, 0.4) is 0 Å². The minimum atomic E-state index is -0.807. The van der Waals surface area contributed by atoms with E-state index in [1.807, 2.05) is 0 Å². The van der Waals surface area contributed by atoms with Gasteiger partial charge in [-0.15, -0.1) is 0 Å². The van der Waals surface area contributed by atoms with Crippen LogP contribution >= 0.6 is 0 Å². The Morgan fingerprint density at radius 2 is 1.10 bits per heavy atom. The molecule has 6 rings (SSSR count). The summed E-state index contributed by atoms with van der Waals surface area (Å²) in [5.41, 5.74) is 1.50. The van der Waals surface area contributed by atoms with E-state index in [2.05, 4.69) is 13.2 Å². The van der Waals surface area contributed by atoms with Crippen LogP contribution in [-0.2, 0) is 28.5 Å². The Morgan fingerprint density at radius 1 is 0.533 bits per heavy atom. The largest absolute Gasteiger partial charge is 0.496 e. The van der Waals surface area contributed by atoms with Crippen molar-refractivity contribution in [2.75, 3.05) is 27.4 Å². The molecule has 0 N–H and O–H groups in total. The third-order valence-electron chi connectivity index (χ3n) is 9.28. The molecule has 16 nitrogen and oxygen atoms in total. The van der Waals surface area contributed by atoms with E-state index >= 15 is 0 Å². The van der Waals surface area contributed by atoms with Crippen molar-refractivity contribution in [2.45, 2.75) is 38.3 Å². The van der Waals surface area contributed by atoms with Gasteiger partial charge in [0.05, 0.1) is 44.1 Å². The summed E-state index contributed by atoms with van der Waals surface area (Å²) in [6.07, 6.45) is -1.04. The van der Waals surface area contributed by atoms with Crippen molar-refractivity contribution in [2.24, 2.45) is 0 Å². The zero-order valence-electron chi connectivity index (χ0n) is 32.8. The molecule has 0 aromatic heterocycles. The smallest absolute Gasteiger partial charge is 0.347 e. The summed E-state index contributed by atoms with van der Waals surface area (Å²) >= 11 is 0. The van der Waals surface area contributed by atoms with Crippen molar-refractivity contribution >= 4 is 35.8 Å². The van der Waals surface area contributed by atoms with E-state index in [4.69, 9.17) is 47.4 Å². The Kier molecular flexibility index (Phi) is 13.1. The third kappa shape index (κ3) is 9.52. The summed E-state index contributed by atoms with van der Waals surface area (Å²) in [5.74, 6) is -3.38. The van der Waals surface area contributed by atoms with E-state index in [-0.39, 0.29) is 70.0 Å². The molecule has 0 radical (unpaired) electrons. The topological polar surface area (TPSA) is 195 Å². The van der Waals surface area contributed by atoms with Gasteiger partial charge in [0, 0.05) is 18.2 Å². The molecule has 2 heterocycles. The van der Waals surface area contributed by atoms with Crippen LogP contribution < -0.4 is 28.4 Å². The number of methoxy groups -OCH3 is 2. The fourth-order valence-corrected chi connectivity index (χ4v) is 6.27. The number of hydrogen-bond donors (Lipinski definition) is 0. The summed E-state index contributed by atoms with van der Waals surface area (Å²) in [5, 5.41) is 0. The zero-order valence-corrected chi connectivity index (χ0v) is 32.8. The van der Waals surface area contributed by atoms with Gasteiger partial charge in [0.15, 0.2) is 23.7 Å². The van der Waals surface area contributed by atoms with E-state index in [9.17, 15) is 28.8 Å². The van der Waals surface area contributed by atoms with Crippen LogP contribution in [0.4, 0.5) is 0 Å². The number of aryl methyl sites for hydroxylation is 2. The molecule has 4 aromatic rings. The molecule has 4 aromatic carbocycles. The maximum absolute atomic E-state index is 13.3. The van der Waals surface area contributed by atoms with Gasteiger partial charge in [-0.1, -0.05) is 13.2 Å². The standard InChI is InChI=1S/C44H38O16/c1-7-37(45)55-28-12-14-30(33(20-28)51-5)44(50)56-27-11-13-29(23(3)18-27)43(49)60-36-22-54-39-35(21-53-40(36)39)59-41(47)25-9-15-31(24(4)17-25)58-42(48)26-10-16-32(34(19-26)52-6)57-38(46)8-2/h7-20,35-36,39-40H,1-2,21-22H2,3-6H3/t35-,36-,39-,40-/m1/s1. The summed E-state index contributed by atoms with van der Waals surface area (Å²) in [7, 11) is 2.70. The van der Waals surface area contributed by atoms with Gasteiger partial charge in [-0.05, 0) is 91.7 Å². The van der Waals surface area contributed by atoms with Crippen molar-refractivity contribution < 1.29 is 76.1 Å². The lowest BCUT2D eigenvalue weighted by atomic mass is 10.1. The van der Waals surface area contributed by atoms with E-state index in [1.165, 1.54) is 87.0 Å². The normalized spacial score (nSPS) is 17.6. The minimum absolute atomic E-state index is 0.00851. The Balaban J connectivity index is 1.02. The molecule has 0 amide bonds. The van der Waals surface area contributed by atoms with Gasteiger partial charge in [-0.3, -0.25) is 0 Å². The molecule has 2 aliphatic rings. The minimum Gasteiger partial charge on any atom is -0.496 e. The van der Waals surface area contributed by atoms with Crippen LogP contribution in [0.25, 0.3) is 0 Å². The molecule has 0 bridgehead atoms. The SMILES string of the molecule is C=CC(=O)Oc1ccc(C(=O)Oc2ccc(C(=O)O[C@@H]3CO[C@H]4[C@@H]3OC[C@H]4OC(=O)c3ccc(OC(=O)c4ccc(OC(=O)C=C)c(OC)c4)c(C)c3)c(C)c2)c(OC)c1. The molecule has 0 spiro atoms. The van der Waals surface area contributed by atoms with Crippen molar-refractivity contribution in [3.63, 3.8) is 0 Å². The maximum Gasteiger partial charge on any atom is 0.347 e. The van der Waals surface area contributed by atoms with Crippen LogP contribution in [0.1, 0.15) is 52.6 Å². The fourth-order valence-electron chi connectivity index (χ4n) is 6.27. The highest BCUT2D eigenvalue weighted by molar-refractivity contribution is 5.96. The van der Waals surface area contributed by atoms with Gasteiger partial charge in [-0.2, -0.15) is 0 Å². The first-order valence-electron chi connectivity index (χ1n) is 18.2. The molecule has 0 aliphatic carbocycles. The number of hydrogen-bond acceptors (Lipinski definition) is 16. The maximum atomic E-state index is 13.3. The molecule has 0 saturated carbocycles. The molecule has 16 heteroatoms. The first-order valence-corrected chi connectivity index (χ1v) is 18.2. The molecular weight excluding hydrogens is 784 g/mol. The Morgan fingerprint density at radius 3 is 1.70 bits per heavy atom. The van der Waals surface area contributed by atoms with E-state index in [1.54, 1.807) is 13.8 Å². The van der Waals surface area contributed by atoms with Crippen LogP contribution in [0.2, 0.25) is 0 Å². The summed E-state index contributed by atoms with van der Waals surface area (Å²) in [6, 6.07) is 17.1. The average molecular weight is 823 g/mol. The molecule has 2 saturated heterocycles. The monoisotopic (exact) mass is 822 g/mol. The first kappa shape index (κ1) is 42.3. The van der Waals surface area contributed by atoms with Gasteiger partial charge in [0.25, 0.3) is 0 Å². The molecule has 2 fully saturated rings. The lowest BCUT2D eigenvalue weighted by Crippen LogP contribution is -2.36. The van der Waals surface area contributed by atoms with Crippen LogP contribution in [0.5, 0.6) is 34.5 Å². The average Bonchev–Trinajstić information content (AvgIpc) is 3.83. The Bertz CT molecular complexity index is 2380. The highest BCUT2D eigenvalue weighted by atomic mass is 16.7. The number of benzene rings is 4. The number of rotatable bonds is 14. The van der Waals surface area contributed by atoms with Gasteiger partial charge in [0.2, 0.25) is 0 Å². The summed E-state index contributed by atoms with van der Waals surface area (Å²) in [4.78, 5) is 75.5. The predicted molar refractivity (Wildman–Crippen MR) is 208 cm³/mol. The van der Waals surface area contributed by atoms with Gasteiger partial charge in [-0.25, -0.2) is 28.8 Å². The van der Waals surface area contributed by atoms with Crippen molar-refractivity contribution in [3.8, 4) is 34.5 Å². The lowest BCUT2D eigenvalue weighted by Gasteiger charge is -2.18. The second-order valence-electron chi connectivity index (χ2n) is 13.2. The van der Waals surface area contributed by atoms with E-state index in [0.29, 0.717) is 11.1 Å². The summed E-state index contributed by atoms with van der Waals surface area (Å²) in [6.45, 7) is 9.97. The predicted octanol–water partition coefficient (Wildman–Crippen LogP) is 5.49. The summed E-state index contributed by atoms with van der Waals surface area (Å²) < 4.78 is 55.0. The van der Waals surface area contributed by atoms with Crippen molar-refractivity contribution in [1.29, 1.82) is 0 Å². The van der Waals surface area contributed by atoms with Crippen molar-refractivity contribution in [3.05, 3.63) is 131 Å². The van der Waals surface area contributed by atoms with Crippen molar-refractivity contribution in [1.82, 2.24) is 0 Å². The molecule has 2 aliphatic heterocycles. The Labute approximate surface area is 343 Å². The molecule has 60 heavy (non-hydrogen) atoms. The number of fused-ring (bicyclic) bond motifs is 1. The van der Waals surface area contributed by atoms with Crippen LogP contribution in [0, 0.1) is 13.8 Å². The van der Waals surface area contributed by atoms with E-state index < -0.39 is 60.2 Å². The molecular formula is C44H38O16. The highest BCUT2D eigenvalue weighted by Crippen LogP contribution is 2.34. The zero-order chi connectivity index (χ0) is 43.1. The van der Waals surface area contributed by atoms with Gasteiger partial charge in [0.1, 0.15) is 40.8 Å². The van der Waals surface area contributed by atoms with Crippen LogP contribution in [-0.4, -0.2) is 87.7 Å². The number of carbonyl (C=O) groups is 6.